The molecular formula is C19H20N6O2. The standard InChI is InChI=1S/C19H20N6O2/c1-11-9-13(23-16-12-5-8-20-15(12)21-10-22-16)18(27)25-14(11)17(26)24-19(25)6-3-2-4-7-19/h5,8-10H,2-4,6-7H2,1H3,(H,24,26)(H2,20,21,22,23). The highest BCUT2D eigenvalue weighted by atomic mass is 16.2. The van der Waals surface area contributed by atoms with Gasteiger partial charge in [-0.15, -0.1) is 0 Å². The zero-order valence-electron chi connectivity index (χ0n) is 15.0. The molecule has 1 aliphatic heterocycles. The highest BCUT2D eigenvalue weighted by Crippen LogP contribution is 2.37. The number of carbonyl (C=O) groups is 1. The summed E-state index contributed by atoms with van der Waals surface area (Å²) in [5, 5.41) is 7.07. The van der Waals surface area contributed by atoms with Crippen molar-refractivity contribution in [2.45, 2.75) is 44.7 Å². The predicted molar refractivity (Wildman–Crippen MR) is 101 cm³/mol. The van der Waals surface area contributed by atoms with Gasteiger partial charge in [0.1, 0.15) is 34.8 Å². The third-order valence-electron chi connectivity index (χ3n) is 5.67. The van der Waals surface area contributed by atoms with Crippen LogP contribution in [0, 0.1) is 6.92 Å². The lowest BCUT2D eigenvalue weighted by atomic mass is 9.89. The largest absolute Gasteiger partial charge is 0.346 e. The van der Waals surface area contributed by atoms with Crippen molar-refractivity contribution in [1.29, 1.82) is 0 Å². The third-order valence-corrected chi connectivity index (χ3v) is 5.67. The number of pyridine rings is 1. The molecule has 4 heterocycles. The van der Waals surface area contributed by atoms with Gasteiger partial charge in [-0.2, -0.15) is 0 Å². The molecule has 1 spiro atoms. The van der Waals surface area contributed by atoms with E-state index in [0.29, 0.717) is 22.8 Å². The first-order valence-corrected chi connectivity index (χ1v) is 9.24. The topological polar surface area (TPSA) is 105 Å². The molecule has 0 radical (unpaired) electrons. The molecule has 1 fully saturated rings. The number of H-pyrrole nitrogens is 1. The molecule has 1 amide bonds. The maximum atomic E-state index is 13.4. The minimum atomic E-state index is -0.598. The lowest BCUT2D eigenvalue weighted by Crippen LogP contribution is -2.48. The zero-order chi connectivity index (χ0) is 18.6. The Hall–Kier alpha value is -3.16. The second kappa shape index (κ2) is 5.67. The molecule has 8 nitrogen and oxygen atoms in total. The van der Waals surface area contributed by atoms with E-state index in [1.54, 1.807) is 16.8 Å². The van der Waals surface area contributed by atoms with Crippen LogP contribution in [0.1, 0.15) is 48.2 Å². The smallest absolute Gasteiger partial charge is 0.276 e. The number of nitrogens with zero attached hydrogens (tertiary/aromatic N) is 3. The molecule has 138 valence electrons. The van der Waals surface area contributed by atoms with Crippen molar-refractivity contribution in [3.63, 3.8) is 0 Å². The monoisotopic (exact) mass is 364 g/mol. The van der Waals surface area contributed by atoms with E-state index >= 15 is 0 Å². The third kappa shape index (κ3) is 2.29. The molecule has 8 heteroatoms. The number of nitrogens with one attached hydrogen (secondary N) is 3. The maximum Gasteiger partial charge on any atom is 0.276 e. The number of aryl methyl sites for hydroxylation is 1. The van der Waals surface area contributed by atoms with Crippen LogP contribution in [0.2, 0.25) is 0 Å². The maximum absolute atomic E-state index is 13.4. The van der Waals surface area contributed by atoms with Gasteiger partial charge in [-0.05, 0) is 50.3 Å². The lowest BCUT2D eigenvalue weighted by Gasteiger charge is -2.35. The van der Waals surface area contributed by atoms with Gasteiger partial charge in [-0.3, -0.25) is 14.2 Å². The Balaban J connectivity index is 1.67. The molecule has 0 aromatic carbocycles. The van der Waals surface area contributed by atoms with Crippen LogP contribution >= 0.6 is 0 Å². The average molecular weight is 364 g/mol. The van der Waals surface area contributed by atoms with Gasteiger partial charge in [0.15, 0.2) is 0 Å². The first kappa shape index (κ1) is 16.0. The van der Waals surface area contributed by atoms with E-state index in [-0.39, 0.29) is 11.5 Å². The van der Waals surface area contributed by atoms with Crippen molar-refractivity contribution in [3.05, 3.63) is 46.3 Å². The van der Waals surface area contributed by atoms with Crippen LogP contribution in [0.5, 0.6) is 0 Å². The van der Waals surface area contributed by atoms with E-state index in [1.165, 1.54) is 6.33 Å². The molecule has 0 atom stereocenters. The van der Waals surface area contributed by atoms with Gasteiger partial charge in [-0.1, -0.05) is 6.42 Å². The van der Waals surface area contributed by atoms with Crippen LogP contribution in [0.3, 0.4) is 0 Å². The summed E-state index contributed by atoms with van der Waals surface area (Å²) < 4.78 is 1.68. The van der Waals surface area contributed by atoms with Crippen LogP contribution in [0.25, 0.3) is 11.0 Å². The SMILES string of the molecule is Cc1cc(Nc2ncnc3[nH]ccc23)c(=O)n2c1C(=O)NC21CCCCC1. The van der Waals surface area contributed by atoms with Crippen LogP contribution in [-0.4, -0.2) is 25.4 Å². The summed E-state index contributed by atoms with van der Waals surface area (Å²) in [6, 6.07) is 3.60. The van der Waals surface area contributed by atoms with Crippen molar-refractivity contribution >= 4 is 28.4 Å². The quantitative estimate of drug-likeness (QED) is 0.648. The normalized spacial score (nSPS) is 17.9. The summed E-state index contributed by atoms with van der Waals surface area (Å²) in [7, 11) is 0. The van der Waals surface area contributed by atoms with E-state index in [1.807, 2.05) is 13.0 Å². The average Bonchev–Trinajstić information content (AvgIpc) is 3.24. The van der Waals surface area contributed by atoms with Gasteiger partial charge in [-0.25, -0.2) is 9.97 Å². The fourth-order valence-corrected chi connectivity index (χ4v) is 4.43. The predicted octanol–water partition coefficient (Wildman–Crippen LogP) is 2.53. The molecule has 3 N–H and O–H groups in total. The van der Waals surface area contributed by atoms with Crippen LogP contribution in [-0.2, 0) is 5.66 Å². The van der Waals surface area contributed by atoms with E-state index in [0.717, 1.165) is 43.1 Å². The Kier molecular flexibility index (Phi) is 3.37. The number of anilines is 2. The second-order valence-electron chi connectivity index (χ2n) is 7.36. The Morgan fingerprint density at radius 3 is 2.81 bits per heavy atom. The molecule has 1 saturated carbocycles. The molecular weight excluding hydrogens is 344 g/mol. The summed E-state index contributed by atoms with van der Waals surface area (Å²) in [4.78, 5) is 37.5. The van der Waals surface area contributed by atoms with E-state index in [2.05, 4.69) is 25.6 Å². The highest BCUT2D eigenvalue weighted by molar-refractivity contribution is 5.97. The molecule has 0 unspecified atom stereocenters. The van der Waals surface area contributed by atoms with Crippen molar-refractivity contribution in [2.75, 3.05) is 5.32 Å². The van der Waals surface area contributed by atoms with E-state index in [4.69, 9.17) is 0 Å². The summed E-state index contributed by atoms with van der Waals surface area (Å²) in [5.74, 6) is 0.404. The summed E-state index contributed by atoms with van der Waals surface area (Å²) >= 11 is 0. The number of aromatic nitrogens is 4. The molecule has 3 aromatic heterocycles. The molecule has 1 aliphatic carbocycles. The van der Waals surface area contributed by atoms with Gasteiger partial charge >= 0.3 is 0 Å². The number of amides is 1. The lowest BCUT2D eigenvalue weighted by molar-refractivity contribution is 0.0876. The van der Waals surface area contributed by atoms with Crippen LogP contribution < -0.4 is 16.2 Å². The molecule has 27 heavy (non-hydrogen) atoms. The molecule has 3 aromatic rings. The van der Waals surface area contributed by atoms with Gasteiger partial charge in [0, 0.05) is 6.20 Å². The van der Waals surface area contributed by atoms with Crippen molar-refractivity contribution in [1.82, 2.24) is 24.8 Å². The van der Waals surface area contributed by atoms with Crippen LogP contribution in [0.4, 0.5) is 11.5 Å². The number of aromatic amines is 1. The first-order valence-electron chi connectivity index (χ1n) is 9.24. The van der Waals surface area contributed by atoms with Crippen LogP contribution in [0.15, 0.2) is 29.5 Å². The minimum absolute atomic E-state index is 0.159. The van der Waals surface area contributed by atoms with Gasteiger partial charge in [0.25, 0.3) is 11.5 Å². The van der Waals surface area contributed by atoms with Gasteiger partial charge in [0.05, 0.1) is 5.39 Å². The van der Waals surface area contributed by atoms with E-state index in [9.17, 15) is 9.59 Å². The highest BCUT2D eigenvalue weighted by Gasteiger charge is 2.45. The Labute approximate surface area is 155 Å². The van der Waals surface area contributed by atoms with Gasteiger partial charge < -0.3 is 15.6 Å². The summed E-state index contributed by atoms with van der Waals surface area (Å²) in [5.41, 5.74) is 1.57. The molecule has 0 saturated heterocycles. The summed E-state index contributed by atoms with van der Waals surface area (Å²) in [6.07, 6.45) is 7.92. The molecule has 0 bridgehead atoms. The van der Waals surface area contributed by atoms with Gasteiger partial charge in [0.2, 0.25) is 0 Å². The molecule has 5 rings (SSSR count). The fourth-order valence-electron chi connectivity index (χ4n) is 4.43. The Morgan fingerprint density at radius 2 is 2.00 bits per heavy atom. The van der Waals surface area contributed by atoms with Crippen molar-refractivity contribution in [2.24, 2.45) is 0 Å². The number of fused-ring (bicyclic) bond motifs is 3. The number of hydrogen-bond acceptors (Lipinski definition) is 5. The Bertz CT molecular complexity index is 1120. The zero-order valence-corrected chi connectivity index (χ0v) is 15.0. The minimum Gasteiger partial charge on any atom is -0.346 e. The number of rotatable bonds is 2. The fraction of sp³-hybridized carbons (Fsp3) is 0.368. The number of hydrogen-bond donors (Lipinski definition) is 3. The molecule has 2 aliphatic rings. The second-order valence-corrected chi connectivity index (χ2v) is 7.36. The summed E-state index contributed by atoms with van der Waals surface area (Å²) in [6.45, 7) is 1.86. The van der Waals surface area contributed by atoms with Crippen molar-refractivity contribution < 1.29 is 4.79 Å². The van der Waals surface area contributed by atoms with E-state index < -0.39 is 5.66 Å². The number of carbonyl (C=O) groups excluding carboxylic acids is 1. The first-order chi connectivity index (χ1) is 13.1. The van der Waals surface area contributed by atoms with Crippen molar-refractivity contribution in [3.8, 4) is 0 Å². The Morgan fingerprint density at radius 1 is 1.19 bits per heavy atom.